The smallest absolute Gasteiger partial charge is 0.220 e. The summed E-state index contributed by atoms with van der Waals surface area (Å²) in [5, 5.41) is 2.78. The van der Waals surface area contributed by atoms with E-state index in [2.05, 4.69) is 5.32 Å². The molecule has 1 amide bonds. The fraction of sp³-hybridized carbons (Fsp3) is 0.263. The van der Waals surface area contributed by atoms with Gasteiger partial charge < -0.3 is 10.1 Å². The van der Waals surface area contributed by atoms with Crippen molar-refractivity contribution in [1.82, 2.24) is 5.32 Å². The van der Waals surface area contributed by atoms with Crippen molar-refractivity contribution in [3.63, 3.8) is 0 Å². The zero-order valence-corrected chi connectivity index (χ0v) is 14.6. The predicted molar refractivity (Wildman–Crippen MR) is 94.4 cm³/mol. The Labute approximate surface area is 150 Å². The van der Waals surface area contributed by atoms with E-state index in [-0.39, 0.29) is 16.7 Å². The minimum atomic E-state index is -0.484. The number of halogens is 2. The van der Waals surface area contributed by atoms with Gasteiger partial charge in [0, 0.05) is 18.5 Å². The third-order valence-electron chi connectivity index (χ3n) is 3.53. The summed E-state index contributed by atoms with van der Waals surface area (Å²) in [6.45, 7) is 2.16. The lowest BCUT2D eigenvalue weighted by molar-refractivity contribution is -0.121. The number of ketones is 1. The molecule has 0 heterocycles. The van der Waals surface area contributed by atoms with E-state index in [9.17, 15) is 14.0 Å². The molecule has 0 saturated heterocycles. The predicted octanol–water partition coefficient (Wildman–Crippen LogP) is 4.16. The molecule has 0 aliphatic carbocycles. The van der Waals surface area contributed by atoms with Crippen molar-refractivity contribution in [3.05, 3.63) is 64.4 Å². The van der Waals surface area contributed by atoms with Gasteiger partial charge in [0.05, 0.1) is 11.6 Å². The van der Waals surface area contributed by atoms with Crippen molar-refractivity contribution in [2.75, 3.05) is 6.61 Å². The van der Waals surface area contributed by atoms with Gasteiger partial charge in [0.15, 0.2) is 5.78 Å². The SMILES string of the molecule is CC(=O)c1cccc(OCCCC(=O)NCc2ccc(F)c(Cl)c2)c1. The first-order chi connectivity index (χ1) is 12.0. The summed E-state index contributed by atoms with van der Waals surface area (Å²) < 4.78 is 18.6. The summed E-state index contributed by atoms with van der Waals surface area (Å²) in [5.74, 6) is -0.0240. The highest BCUT2D eigenvalue weighted by Crippen LogP contribution is 2.16. The molecule has 2 aromatic carbocycles. The van der Waals surface area contributed by atoms with Crippen LogP contribution in [0.25, 0.3) is 0 Å². The first-order valence-corrected chi connectivity index (χ1v) is 8.28. The molecule has 0 radical (unpaired) electrons. The van der Waals surface area contributed by atoms with E-state index in [1.807, 2.05) is 0 Å². The van der Waals surface area contributed by atoms with Gasteiger partial charge in [0.2, 0.25) is 5.91 Å². The van der Waals surface area contributed by atoms with Crippen LogP contribution in [0.5, 0.6) is 5.75 Å². The molecule has 0 aromatic heterocycles. The summed E-state index contributed by atoms with van der Waals surface area (Å²) in [6, 6.07) is 11.3. The van der Waals surface area contributed by atoms with Gasteiger partial charge in [0.1, 0.15) is 11.6 Å². The first kappa shape index (κ1) is 18.9. The third-order valence-corrected chi connectivity index (χ3v) is 3.82. The van der Waals surface area contributed by atoms with Crippen LogP contribution in [-0.4, -0.2) is 18.3 Å². The van der Waals surface area contributed by atoms with Gasteiger partial charge in [-0.3, -0.25) is 9.59 Å². The molecule has 2 rings (SSSR count). The van der Waals surface area contributed by atoms with Gasteiger partial charge >= 0.3 is 0 Å². The number of hydrogen-bond donors (Lipinski definition) is 1. The maximum Gasteiger partial charge on any atom is 0.220 e. The van der Waals surface area contributed by atoms with Gasteiger partial charge in [-0.25, -0.2) is 4.39 Å². The lowest BCUT2D eigenvalue weighted by Gasteiger charge is -2.08. The standard InChI is InChI=1S/C19H19ClFNO3/c1-13(23)15-4-2-5-16(11-15)25-9-3-6-19(24)22-12-14-7-8-18(21)17(20)10-14/h2,4-5,7-8,10-11H,3,6,9,12H2,1H3,(H,22,24). The Morgan fingerprint density at radius 2 is 2.00 bits per heavy atom. The van der Waals surface area contributed by atoms with Gasteiger partial charge in [-0.2, -0.15) is 0 Å². The number of benzene rings is 2. The second-order valence-electron chi connectivity index (χ2n) is 5.56. The van der Waals surface area contributed by atoms with Gasteiger partial charge in [-0.05, 0) is 43.2 Å². The number of rotatable bonds is 8. The molecule has 132 valence electrons. The molecule has 25 heavy (non-hydrogen) atoms. The molecule has 0 spiro atoms. The van der Waals surface area contributed by atoms with Crippen LogP contribution >= 0.6 is 11.6 Å². The van der Waals surface area contributed by atoms with Crippen molar-refractivity contribution in [2.45, 2.75) is 26.3 Å². The van der Waals surface area contributed by atoms with Crippen molar-refractivity contribution in [3.8, 4) is 5.75 Å². The maximum absolute atomic E-state index is 13.1. The minimum Gasteiger partial charge on any atom is -0.494 e. The van der Waals surface area contributed by atoms with Gasteiger partial charge in [0.25, 0.3) is 0 Å². The van der Waals surface area contributed by atoms with Gasteiger partial charge in [-0.15, -0.1) is 0 Å². The van der Waals surface area contributed by atoms with E-state index < -0.39 is 5.82 Å². The average Bonchev–Trinajstić information content (AvgIpc) is 2.60. The quantitative estimate of drug-likeness (QED) is 0.566. The molecule has 2 aromatic rings. The van der Waals surface area contributed by atoms with Crippen LogP contribution in [0.4, 0.5) is 4.39 Å². The van der Waals surface area contributed by atoms with E-state index in [0.717, 1.165) is 5.56 Å². The van der Waals surface area contributed by atoms with Gasteiger partial charge in [-0.1, -0.05) is 29.8 Å². The van der Waals surface area contributed by atoms with Crippen molar-refractivity contribution in [2.24, 2.45) is 0 Å². The molecule has 0 bridgehead atoms. The highest BCUT2D eigenvalue weighted by Gasteiger charge is 2.05. The molecule has 4 nitrogen and oxygen atoms in total. The normalized spacial score (nSPS) is 10.4. The number of amides is 1. The monoisotopic (exact) mass is 363 g/mol. The van der Waals surface area contributed by atoms with Crippen LogP contribution in [0.1, 0.15) is 35.7 Å². The largest absolute Gasteiger partial charge is 0.494 e. The van der Waals surface area contributed by atoms with Crippen LogP contribution in [0.2, 0.25) is 5.02 Å². The number of carbonyl (C=O) groups is 2. The van der Waals surface area contributed by atoms with E-state index in [1.54, 1.807) is 30.3 Å². The average molecular weight is 364 g/mol. The molecule has 0 unspecified atom stereocenters. The third kappa shape index (κ3) is 6.19. The number of nitrogens with one attached hydrogen (secondary N) is 1. The molecule has 1 N–H and O–H groups in total. The van der Waals surface area contributed by atoms with Crippen LogP contribution in [-0.2, 0) is 11.3 Å². The molecule has 0 aliphatic rings. The molecular formula is C19H19ClFNO3. The van der Waals surface area contributed by atoms with E-state index >= 15 is 0 Å². The number of ether oxygens (including phenoxy) is 1. The fourth-order valence-electron chi connectivity index (χ4n) is 2.17. The topological polar surface area (TPSA) is 55.4 Å². The summed E-state index contributed by atoms with van der Waals surface area (Å²) in [5.41, 5.74) is 1.32. The minimum absolute atomic E-state index is 0.0225. The van der Waals surface area contributed by atoms with E-state index in [4.69, 9.17) is 16.3 Å². The van der Waals surface area contributed by atoms with Crippen LogP contribution in [0.15, 0.2) is 42.5 Å². The Morgan fingerprint density at radius 1 is 1.20 bits per heavy atom. The second-order valence-corrected chi connectivity index (χ2v) is 5.97. The van der Waals surface area contributed by atoms with E-state index in [1.165, 1.54) is 19.1 Å². The lowest BCUT2D eigenvalue weighted by atomic mass is 10.1. The van der Waals surface area contributed by atoms with Crippen molar-refractivity contribution in [1.29, 1.82) is 0 Å². The number of hydrogen-bond acceptors (Lipinski definition) is 3. The maximum atomic E-state index is 13.1. The Morgan fingerprint density at radius 3 is 2.72 bits per heavy atom. The molecule has 0 atom stereocenters. The van der Waals surface area contributed by atoms with Crippen LogP contribution in [0.3, 0.4) is 0 Å². The fourth-order valence-corrected chi connectivity index (χ4v) is 2.37. The Bertz CT molecular complexity index is 764. The molecule has 0 aliphatic heterocycles. The highest BCUT2D eigenvalue weighted by molar-refractivity contribution is 6.30. The van der Waals surface area contributed by atoms with Crippen LogP contribution < -0.4 is 10.1 Å². The Balaban J connectivity index is 1.69. The van der Waals surface area contributed by atoms with Crippen molar-refractivity contribution >= 4 is 23.3 Å². The zero-order chi connectivity index (χ0) is 18.2. The zero-order valence-electron chi connectivity index (χ0n) is 13.9. The summed E-state index contributed by atoms with van der Waals surface area (Å²) in [7, 11) is 0. The second kappa shape index (κ2) is 9.18. The van der Waals surface area contributed by atoms with Crippen LogP contribution in [0, 0.1) is 5.82 Å². The van der Waals surface area contributed by atoms with E-state index in [0.29, 0.717) is 37.3 Å². The molecule has 0 saturated carbocycles. The summed E-state index contributed by atoms with van der Waals surface area (Å²) in [4.78, 5) is 23.1. The molecule has 6 heteroatoms. The highest BCUT2D eigenvalue weighted by atomic mass is 35.5. The Hall–Kier alpha value is -2.40. The number of Topliss-reactive ketones (excluding diaryl/α,β-unsaturated/α-hetero) is 1. The summed E-state index contributed by atoms with van der Waals surface area (Å²) >= 11 is 5.70. The number of carbonyl (C=O) groups excluding carboxylic acids is 2. The lowest BCUT2D eigenvalue weighted by Crippen LogP contribution is -2.23. The van der Waals surface area contributed by atoms with Crippen molar-refractivity contribution < 1.29 is 18.7 Å². The molecule has 0 fully saturated rings. The first-order valence-electron chi connectivity index (χ1n) is 7.90. The summed E-state index contributed by atoms with van der Waals surface area (Å²) in [6.07, 6.45) is 0.849. The molecular weight excluding hydrogens is 345 g/mol. The Kier molecular flexibility index (Phi) is 6.95.